The lowest BCUT2D eigenvalue weighted by Gasteiger charge is -2.30. The first-order chi connectivity index (χ1) is 11.5. The van der Waals surface area contributed by atoms with Crippen molar-refractivity contribution in [1.29, 1.82) is 0 Å². The molecule has 0 saturated carbocycles. The number of carbonyl (C=O) groups is 2. The molecule has 0 spiro atoms. The number of amides is 2. The van der Waals surface area contributed by atoms with Crippen LogP contribution in [0.3, 0.4) is 0 Å². The maximum atomic E-state index is 12.3. The van der Waals surface area contributed by atoms with Crippen LogP contribution in [0.1, 0.15) is 15.9 Å². The number of benzene rings is 2. The Bertz CT molecular complexity index is 805. The molecule has 0 radical (unpaired) electrons. The van der Waals surface area contributed by atoms with Gasteiger partial charge in [0, 0.05) is 21.2 Å². The molecule has 0 unspecified atom stereocenters. The monoisotopic (exact) mass is 366 g/mol. The third kappa shape index (κ3) is 3.03. The van der Waals surface area contributed by atoms with Gasteiger partial charge in [0.05, 0.1) is 12.2 Å². The van der Waals surface area contributed by atoms with Crippen LogP contribution in [0.25, 0.3) is 0 Å². The van der Waals surface area contributed by atoms with Crippen molar-refractivity contribution in [2.45, 2.75) is 6.54 Å². The number of halogens is 2. The molecule has 0 saturated heterocycles. The van der Waals surface area contributed by atoms with E-state index >= 15 is 0 Å². The number of hydrogen-bond donors (Lipinski definition) is 2. The molecule has 0 atom stereocenters. The Morgan fingerprint density at radius 1 is 1.25 bits per heavy atom. The van der Waals surface area contributed by atoms with Crippen molar-refractivity contribution in [3.63, 3.8) is 0 Å². The predicted molar refractivity (Wildman–Crippen MR) is 88.8 cm³/mol. The van der Waals surface area contributed by atoms with Crippen LogP contribution in [0.15, 0.2) is 36.4 Å². The van der Waals surface area contributed by atoms with Crippen molar-refractivity contribution in [1.82, 2.24) is 5.48 Å². The summed E-state index contributed by atoms with van der Waals surface area (Å²) in [4.78, 5) is 25.4. The first-order valence-electron chi connectivity index (χ1n) is 6.96. The topological polar surface area (TPSA) is 78.9 Å². The Kier molecular flexibility index (Phi) is 4.62. The van der Waals surface area contributed by atoms with E-state index in [0.29, 0.717) is 27.0 Å². The number of nitrogens with one attached hydrogen (secondary N) is 1. The molecule has 1 aliphatic heterocycles. The highest BCUT2D eigenvalue weighted by Gasteiger charge is 2.27. The Balaban J connectivity index is 2.03. The number of carbonyl (C=O) groups excluding carboxylic acids is 2. The van der Waals surface area contributed by atoms with Crippen molar-refractivity contribution < 1.29 is 19.5 Å². The summed E-state index contributed by atoms with van der Waals surface area (Å²) in [7, 11) is 0. The molecule has 1 aliphatic rings. The van der Waals surface area contributed by atoms with Gasteiger partial charge in [-0.05, 0) is 30.3 Å². The van der Waals surface area contributed by atoms with E-state index in [0.717, 1.165) is 0 Å². The molecular formula is C16H12Cl2N2O4. The van der Waals surface area contributed by atoms with E-state index in [9.17, 15) is 9.59 Å². The number of hydrogen-bond acceptors (Lipinski definition) is 4. The molecule has 0 fully saturated rings. The second-order valence-electron chi connectivity index (χ2n) is 5.09. The average molecular weight is 367 g/mol. The zero-order chi connectivity index (χ0) is 17.3. The van der Waals surface area contributed by atoms with E-state index < -0.39 is 5.91 Å². The smallest absolute Gasteiger partial charge is 0.274 e. The average Bonchev–Trinajstić information content (AvgIpc) is 2.58. The molecule has 2 aromatic rings. The quantitative estimate of drug-likeness (QED) is 0.646. The second-order valence-corrected chi connectivity index (χ2v) is 5.91. The van der Waals surface area contributed by atoms with Crippen LogP contribution in [-0.4, -0.2) is 23.6 Å². The summed E-state index contributed by atoms with van der Waals surface area (Å²) in [6.07, 6.45) is 0. The van der Waals surface area contributed by atoms with Crippen molar-refractivity contribution in [2.75, 3.05) is 11.5 Å². The first kappa shape index (κ1) is 16.6. The predicted octanol–water partition coefficient (Wildman–Crippen LogP) is 3.04. The molecule has 2 N–H and O–H groups in total. The maximum Gasteiger partial charge on any atom is 0.274 e. The van der Waals surface area contributed by atoms with Crippen LogP contribution in [-0.2, 0) is 11.3 Å². The van der Waals surface area contributed by atoms with E-state index in [1.165, 1.54) is 17.0 Å². The zero-order valence-electron chi connectivity index (χ0n) is 12.3. The molecule has 2 aromatic carbocycles. The number of fused-ring (bicyclic) bond motifs is 1. The molecule has 2 amide bonds. The van der Waals surface area contributed by atoms with E-state index in [2.05, 4.69) is 0 Å². The van der Waals surface area contributed by atoms with Gasteiger partial charge in [0.15, 0.2) is 6.61 Å². The Morgan fingerprint density at radius 3 is 2.62 bits per heavy atom. The van der Waals surface area contributed by atoms with Gasteiger partial charge >= 0.3 is 0 Å². The molecule has 6 nitrogen and oxygen atoms in total. The van der Waals surface area contributed by atoms with E-state index in [-0.39, 0.29) is 24.6 Å². The minimum absolute atomic E-state index is 0.124. The largest absolute Gasteiger partial charge is 0.482 e. The van der Waals surface area contributed by atoms with Crippen LogP contribution in [0.5, 0.6) is 5.75 Å². The minimum Gasteiger partial charge on any atom is -0.482 e. The van der Waals surface area contributed by atoms with Gasteiger partial charge in [0.2, 0.25) is 0 Å². The lowest BCUT2D eigenvalue weighted by atomic mass is 10.1. The number of hydroxylamine groups is 1. The minimum atomic E-state index is -0.688. The summed E-state index contributed by atoms with van der Waals surface area (Å²) >= 11 is 12.4. The fraction of sp³-hybridized carbons (Fsp3) is 0.125. The normalized spacial score (nSPS) is 13.3. The van der Waals surface area contributed by atoms with Gasteiger partial charge in [0.25, 0.3) is 11.8 Å². The fourth-order valence-corrected chi connectivity index (χ4v) is 2.94. The van der Waals surface area contributed by atoms with Crippen LogP contribution >= 0.6 is 23.2 Å². The summed E-state index contributed by atoms with van der Waals surface area (Å²) in [5, 5.41) is 9.65. The summed E-state index contributed by atoms with van der Waals surface area (Å²) in [6.45, 7) is 0.0124. The summed E-state index contributed by atoms with van der Waals surface area (Å²) in [5.41, 5.74) is 2.74. The van der Waals surface area contributed by atoms with Gasteiger partial charge in [-0.2, -0.15) is 0 Å². The van der Waals surface area contributed by atoms with Crippen LogP contribution < -0.4 is 15.1 Å². The molecule has 0 aliphatic carbocycles. The Morgan fingerprint density at radius 2 is 1.96 bits per heavy atom. The molecule has 0 aromatic heterocycles. The summed E-state index contributed by atoms with van der Waals surface area (Å²) in [5.74, 6) is -0.529. The van der Waals surface area contributed by atoms with Crippen LogP contribution in [0.2, 0.25) is 10.0 Å². The molecule has 8 heteroatoms. The maximum absolute atomic E-state index is 12.3. The van der Waals surface area contributed by atoms with Crippen molar-refractivity contribution in [2.24, 2.45) is 0 Å². The number of ether oxygens (including phenoxy) is 1. The van der Waals surface area contributed by atoms with Gasteiger partial charge in [-0.3, -0.25) is 14.8 Å². The second kappa shape index (κ2) is 6.68. The molecule has 124 valence electrons. The standard InChI is InChI=1S/C16H12Cl2N2O4/c17-11-2-1-3-12(18)10(11)7-20-13-6-9(16(22)19-23)4-5-14(13)24-8-15(20)21/h1-6,23H,7-8H2,(H,19,22). The summed E-state index contributed by atoms with van der Waals surface area (Å²) in [6, 6.07) is 9.60. The van der Waals surface area contributed by atoms with Crippen LogP contribution in [0, 0.1) is 0 Å². The number of rotatable bonds is 3. The first-order valence-corrected chi connectivity index (χ1v) is 7.71. The lowest BCUT2D eigenvalue weighted by Crippen LogP contribution is -2.38. The van der Waals surface area contributed by atoms with E-state index in [4.69, 9.17) is 33.1 Å². The molecule has 1 heterocycles. The highest BCUT2D eigenvalue weighted by Crippen LogP contribution is 2.36. The third-order valence-electron chi connectivity index (χ3n) is 3.64. The number of anilines is 1. The highest BCUT2D eigenvalue weighted by molar-refractivity contribution is 6.36. The molecule has 3 rings (SSSR count). The van der Waals surface area contributed by atoms with Crippen molar-refractivity contribution in [3.8, 4) is 5.75 Å². The Labute approximate surface area is 147 Å². The third-order valence-corrected chi connectivity index (χ3v) is 4.35. The van der Waals surface area contributed by atoms with E-state index in [1.807, 2.05) is 0 Å². The van der Waals surface area contributed by atoms with Gasteiger partial charge < -0.3 is 9.64 Å². The van der Waals surface area contributed by atoms with Gasteiger partial charge in [-0.25, -0.2) is 5.48 Å². The lowest BCUT2D eigenvalue weighted by molar-refractivity contribution is -0.121. The van der Waals surface area contributed by atoms with Crippen molar-refractivity contribution >= 4 is 40.7 Å². The Hall–Kier alpha value is -2.28. The molecule has 24 heavy (non-hydrogen) atoms. The molecule has 0 bridgehead atoms. The van der Waals surface area contributed by atoms with E-state index in [1.54, 1.807) is 29.7 Å². The van der Waals surface area contributed by atoms with Gasteiger partial charge in [0.1, 0.15) is 5.75 Å². The van der Waals surface area contributed by atoms with Crippen molar-refractivity contribution in [3.05, 3.63) is 57.6 Å². The highest BCUT2D eigenvalue weighted by atomic mass is 35.5. The zero-order valence-corrected chi connectivity index (χ0v) is 13.8. The van der Waals surface area contributed by atoms with Gasteiger partial charge in [-0.15, -0.1) is 0 Å². The van der Waals surface area contributed by atoms with Crippen LogP contribution in [0.4, 0.5) is 5.69 Å². The molecular weight excluding hydrogens is 355 g/mol. The fourth-order valence-electron chi connectivity index (χ4n) is 2.42. The number of nitrogens with zero attached hydrogens (tertiary/aromatic N) is 1. The van der Waals surface area contributed by atoms with Gasteiger partial charge in [-0.1, -0.05) is 29.3 Å². The summed E-state index contributed by atoms with van der Waals surface area (Å²) < 4.78 is 5.38. The SMILES string of the molecule is O=C(NO)c1ccc2c(c1)N(Cc1c(Cl)cccc1Cl)C(=O)CO2.